The van der Waals surface area contributed by atoms with Crippen LogP contribution in [-0.4, -0.2) is 35.1 Å². The third kappa shape index (κ3) is 3.02. The molecule has 4 rings (SSSR count). The fourth-order valence-corrected chi connectivity index (χ4v) is 3.92. The average molecular weight is 289 g/mol. The van der Waals surface area contributed by atoms with E-state index in [2.05, 4.69) is 16.6 Å². The largest absolute Gasteiger partial charge is 0.377 e. The van der Waals surface area contributed by atoms with Crippen LogP contribution >= 0.6 is 0 Å². The Bertz CT molecular complexity index is 492. The number of aryl methyl sites for hydroxylation is 2. The normalized spacial score (nSPS) is 32.7. The van der Waals surface area contributed by atoms with Gasteiger partial charge < -0.3 is 10.1 Å². The summed E-state index contributed by atoms with van der Waals surface area (Å²) in [7, 11) is 2.00. The Balaban J connectivity index is 1.45. The van der Waals surface area contributed by atoms with Gasteiger partial charge in [0.1, 0.15) is 0 Å². The van der Waals surface area contributed by atoms with E-state index in [0.717, 1.165) is 31.5 Å². The molecule has 1 aromatic rings. The van der Waals surface area contributed by atoms with Gasteiger partial charge >= 0.3 is 0 Å². The van der Waals surface area contributed by atoms with Gasteiger partial charge in [-0.1, -0.05) is 0 Å². The highest BCUT2D eigenvalue weighted by Gasteiger charge is 2.50. The van der Waals surface area contributed by atoms with Crippen LogP contribution in [0, 0.1) is 11.3 Å². The minimum absolute atomic E-state index is 0.361. The van der Waals surface area contributed by atoms with Gasteiger partial charge in [0.2, 0.25) is 0 Å². The SMILES string of the molecule is Cn1cc(CCC2(CNC3CC3)CCOC2C2CC2)cn1. The molecule has 1 N–H and O–H groups in total. The van der Waals surface area contributed by atoms with Gasteiger partial charge in [0.15, 0.2) is 0 Å². The Labute approximate surface area is 127 Å². The van der Waals surface area contributed by atoms with Crippen LogP contribution in [0.25, 0.3) is 0 Å². The second-order valence-electron chi connectivity index (χ2n) is 7.42. The number of rotatable bonds is 7. The summed E-state index contributed by atoms with van der Waals surface area (Å²) in [4.78, 5) is 0. The van der Waals surface area contributed by atoms with E-state index in [1.54, 1.807) is 0 Å². The van der Waals surface area contributed by atoms with Crippen molar-refractivity contribution >= 4 is 0 Å². The van der Waals surface area contributed by atoms with Crippen molar-refractivity contribution in [2.24, 2.45) is 18.4 Å². The number of hydrogen-bond donors (Lipinski definition) is 1. The molecule has 4 nitrogen and oxygen atoms in total. The first kappa shape index (κ1) is 13.8. The number of ether oxygens (including phenoxy) is 1. The van der Waals surface area contributed by atoms with E-state index in [4.69, 9.17) is 4.74 Å². The number of aromatic nitrogens is 2. The topological polar surface area (TPSA) is 39.1 Å². The van der Waals surface area contributed by atoms with Gasteiger partial charge in [0, 0.05) is 37.9 Å². The van der Waals surface area contributed by atoms with Crippen molar-refractivity contribution in [2.45, 2.75) is 57.1 Å². The predicted molar refractivity (Wildman–Crippen MR) is 82.1 cm³/mol. The Morgan fingerprint density at radius 1 is 1.38 bits per heavy atom. The van der Waals surface area contributed by atoms with Gasteiger partial charge in [-0.3, -0.25) is 4.68 Å². The highest BCUT2D eigenvalue weighted by Crippen LogP contribution is 2.50. The van der Waals surface area contributed by atoms with Crippen molar-refractivity contribution in [3.63, 3.8) is 0 Å². The van der Waals surface area contributed by atoms with Crippen molar-refractivity contribution in [2.75, 3.05) is 13.2 Å². The fraction of sp³-hybridized carbons (Fsp3) is 0.824. The van der Waals surface area contributed by atoms with E-state index in [0.29, 0.717) is 11.5 Å². The summed E-state index contributed by atoms with van der Waals surface area (Å²) in [5.41, 5.74) is 1.73. The van der Waals surface area contributed by atoms with Crippen LogP contribution in [-0.2, 0) is 18.2 Å². The maximum absolute atomic E-state index is 6.18. The van der Waals surface area contributed by atoms with Crippen molar-refractivity contribution in [3.05, 3.63) is 18.0 Å². The lowest BCUT2D eigenvalue weighted by Gasteiger charge is -2.35. The Kier molecular flexibility index (Phi) is 3.54. The number of nitrogens with zero attached hydrogens (tertiary/aromatic N) is 2. The van der Waals surface area contributed by atoms with Crippen LogP contribution in [0.15, 0.2) is 12.4 Å². The van der Waals surface area contributed by atoms with Crippen LogP contribution < -0.4 is 5.32 Å². The Morgan fingerprint density at radius 3 is 2.90 bits per heavy atom. The second-order valence-corrected chi connectivity index (χ2v) is 7.42. The maximum Gasteiger partial charge on any atom is 0.0672 e. The molecule has 2 atom stereocenters. The van der Waals surface area contributed by atoms with Gasteiger partial charge in [0.05, 0.1) is 12.3 Å². The zero-order chi connectivity index (χ0) is 14.3. The molecule has 2 saturated carbocycles. The van der Waals surface area contributed by atoms with E-state index in [-0.39, 0.29) is 0 Å². The molecule has 21 heavy (non-hydrogen) atoms. The van der Waals surface area contributed by atoms with Crippen molar-refractivity contribution in [3.8, 4) is 0 Å². The molecule has 0 spiro atoms. The van der Waals surface area contributed by atoms with Crippen LogP contribution in [0.5, 0.6) is 0 Å². The molecular formula is C17H27N3O. The van der Waals surface area contributed by atoms with Crippen molar-refractivity contribution in [1.29, 1.82) is 0 Å². The van der Waals surface area contributed by atoms with Gasteiger partial charge in [0.25, 0.3) is 0 Å². The fourth-order valence-electron chi connectivity index (χ4n) is 3.92. The minimum atomic E-state index is 0.361. The molecule has 1 aromatic heterocycles. The first-order chi connectivity index (χ1) is 10.3. The molecule has 3 aliphatic rings. The summed E-state index contributed by atoms with van der Waals surface area (Å²) in [6.45, 7) is 2.11. The highest BCUT2D eigenvalue weighted by molar-refractivity contribution is 5.08. The molecule has 2 unspecified atom stereocenters. The average Bonchev–Trinajstić information content (AvgIpc) is 3.40. The molecule has 0 aromatic carbocycles. The summed E-state index contributed by atoms with van der Waals surface area (Å²) in [6.07, 6.45) is 13.8. The standard InChI is InChI=1S/C17H27N3O/c1-20-11-13(10-19-20)6-7-17(12-18-15-4-5-15)8-9-21-16(17)14-2-3-14/h10-11,14-16,18H,2-9,12H2,1H3. The molecule has 1 saturated heterocycles. The summed E-state index contributed by atoms with van der Waals surface area (Å²) in [5.74, 6) is 0.836. The second kappa shape index (κ2) is 5.40. The van der Waals surface area contributed by atoms with E-state index < -0.39 is 0 Å². The van der Waals surface area contributed by atoms with Gasteiger partial charge in [-0.2, -0.15) is 5.10 Å². The zero-order valence-electron chi connectivity index (χ0n) is 13.1. The monoisotopic (exact) mass is 289 g/mol. The minimum Gasteiger partial charge on any atom is -0.377 e. The summed E-state index contributed by atoms with van der Waals surface area (Å²) in [5, 5.41) is 8.10. The van der Waals surface area contributed by atoms with E-state index in [1.807, 2.05) is 17.9 Å². The summed E-state index contributed by atoms with van der Waals surface area (Å²) >= 11 is 0. The zero-order valence-corrected chi connectivity index (χ0v) is 13.1. The van der Waals surface area contributed by atoms with E-state index >= 15 is 0 Å². The molecular weight excluding hydrogens is 262 g/mol. The first-order valence-corrected chi connectivity index (χ1v) is 8.58. The summed E-state index contributed by atoms with van der Waals surface area (Å²) < 4.78 is 8.09. The molecule has 0 radical (unpaired) electrons. The third-order valence-electron chi connectivity index (χ3n) is 5.54. The maximum atomic E-state index is 6.18. The lowest BCUT2D eigenvalue weighted by molar-refractivity contribution is 0.0265. The van der Waals surface area contributed by atoms with Crippen LogP contribution in [0.2, 0.25) is 0 Å². The highest BCUT2D eigenvalue weighted by atomic mass is 16.5. The molecule has 0 bridgehead atoms. The van der Waals surface area contributed by atoms with Crippen molar-refractivity contribution < 1.29 is 4.74 Å². The summed E-state index contributed by atoms with van der Waals surface area (Å²) in [6, 6.07) is 0.792. The number of nitrogens with one attached hydrogen (secondary N) is 1. The van der Waals surface area contributed by atoms with Crippen LogP contribution in [0.4, 0.5) is 0 Å². The predicted octanol–water partition coefficient (Wildman–Crippen LogP) is 2.29. The lowest BCUT2D eigenvalue weighted by atomic mass is 9.74. The molecule has 0 amide bonds. The third-order valence-corrected chi connectivity index (χ3v) is 5.54. The van der Waals surface area contributed by atoms with Crippen LogP contribution in [0.3, 0.4) is 0 Å². The smallest absolute Gasteiger partial charge is 0.0672 e. The van der Waals surface area contributed by atoms with E-state index in [1.165, 1.54) is 44.1 Å². The number of hydrogen-bond acceptors (Lipinski definition) is 3. The Morgan fingerprint density at radius 2 is 2.24 bits per heavy atom. The molecule has 1 aliphatic heterocycles. The first-order valence-electron chi connectivity index (χ1n) is 8.58. The Hall–Kier alpha value is -0.870. The molecule has 3 fully saturated rings. The molecule has 116 valence electrons. The molecule has 2 aliphatic carbocycles. The van der Waals surface area contributed by atoms with Gasteiger partial charge in [-0.05, 0) is 56.4 Å². The quantitative estimate of drug-likeness (QED) is 0.837. The molecule has 4 heteroatoms. The van der Waals surface area contributed by atoms with E-state index in [9.17, 15) is 0 Å². The van der Waals surface area contributed by atoms with Gasteiger partial charge in [-0.25, -0.2) is 0 Å². The van der Waals surface area contributed by atoms with Crippen molar-refractivity contribution in [1.82, 2.24) is 15.1 Å². The van der Waals surface area contributed by atoms with Crippen LogP contribution in [0.1, 0.15) is 44.1 Å². The van der Waals surface area contributed by atoms with Gasteiger partial charge in [-0.15, -0.1) is 0 Å². The molecule has 2 heterocycles. The lowest BCUT2D eigenvalue weighted by Crippen LogP contribution is -2.43.